The number of aromatic nitrogens is 2. The van der Waals surface area contributed by atoms with Crippen LogP contribution in [0.3, 0.4) is 0 Å². The molecule has 0 saturated carbocycles. The van der Waals surface area contributed by atoms with Crippen LogP contribution in [-0.2, 0) is 19.5 Å². The van der Waals surface area contributed by atoms with E-state index in [0.29, 0.717) is 17.1 Å². The quantitative estimate of drug-likeness (QED) is 0.741. The second-order valence-corrected chi connectivity index (χ2v) is 5.00. The minimum atomic E-state index is -0.245. The van der Waals surface area contributed by atoms with Crippen LogP contribution in [0.4, 0.5) is 4.39 Å². The van der Waals surface area contributed by atoms with Gasteiger partial charge in [-0.2, -0.15) is 0 Å². The molecule has 0 aliphatic heterocycles. The van der Waals surface area contributed by atoms with Crippen LogP contribution in [0, 0.1) is 5.82 Å². The van der Waals surface area contributed by atoms with E-state index in [-0.39, 0.29) is 5.82 Å². The number of hydrogen-bond acceptors (Lipinski definition) is 0. The van der Waals surface area contributed by atoms with Gasteiger partial charge in [0, 0.05) is 12.0 Å². The topological polar surface area (TPSA) is 8.81 Å². The van der Waals surface area contributed by atoms with Crippen molar-refractivity contribution in [2.24, 2.45) is 0 Å². The average Bonchev–Trinajstić information content (AvgIpc) is 2.76. The summed E-state index contributed by atoms with van der Waals surface area (Å²) in [4.78, 5) is 0. The second kappa shape index (κ2) is 6.20. The fourth-order valence-electron chi connectivity index (χ4n) is 2.35. The van der Waals surface area contributed by atoms with Crippen molar-refractivity contribution in [2.75, 3.05) is 0 Å². The maximum Gasteiger partial charge on any atom is 0.256 e. The minimum Gasteiger partial charge on any atom is -0.234 e. The molecule has 0 amide bonds. The predicted molar refractivity (Wildman–Crippen MR) is 74.8 cm³/mol. The van der Waals surface area contributed by atoms with Crippen molar-refractivity contribution >= 4 is 11.6 Å². The third-order valence-electron chi connectivity index (χ3n) is 3.26. The Balaban J connectivity index is 2.33. The molecule has 19 heavy (non-hydrogen) atoms. The molecule has 2 rings (SSSR count). The molecule has 2 aromatic rings. The van der Waals surface area contributed by atoms with Crippen LogP contribution in [-0.4, -0.2) is 4.57 Å². The van der Waals surface area contributed by atoms with E-state index in [0.717, 1.165) is 19.4 Å². The zero-order valence-electron chi connectivity index (χ0n) is 11.4. The minimum absolute atomic E-state index is 0.245. The number of aryl methyl sites for hydroxylation is 1. The first kappa shape index (κ1) is 14.1. The highest BCUT2D eigenvalue weighted by atomic mass is 35.5. The Kier molecular flexibility index (Phi) is 4.59. The Labute approximate surface area is 118 Å². The van der Waals surface area contributed by atoms with Crippen molar-refractivity contribution in [1.29, 1.82) is 0 Å². The van der Waals surface area contributed by atoms with Crippen LogP contribution < -0.4 is 4.57 Å². The summed E-state index contributed by atoms with van der Waals surface area (Å²) in [7, 11) is 0. The lowest BCUT2D eigenvalue weighted by Gasteiger charge is -2.06. The molecule has 0 unspecified atom stereocenters. The van der Waals surface area contributed by atoms with Crippen LogP contribution in [0.25, 0.3) is 0 Å². The van der Waals surface area contributed by atoms with Gasteiger partial charge in [-0.3, -0.25) is 0 Å². The van der Waals surface area contributed by atoms with Crippen LogP contribution in [0.5, 0.6) is 0 Å². The zero-order valence-corrected chi connectivity index (χ0v) is 12.1. The molecule has 0 radical (unpaired) electrons. The molecule has 0 aliphatic carbocycles. The van der Waals surface area contributed by atoms with Crippen LogP contribution in [0.2, 0.25) is 5.02 Å². The Bertz CT molecular complexity index is 543. The van der Waals surface area contributed by atoms with Gasteiger partial charge in [0.1, 0.15) is 24.8 Å². The standard InChI is InChI=1S/C15H19ClFN2/c1-3-8-18-9-10-19(15(18)4-2)11-12-13(16)6-5-7-14(12)17/h5-7,9-10H,3-4,8,11H2,1-2H3/q+1. The number of hydrogen-bond donors (Lipinski definition) is 0. The highest BCUT2D eigenvalue weighted by Gasteiger charge is 2.17. The molecule has 0 bridgehead atoms. The molecule has 2 nitrogen and oxygen atoms in total. The van der Waals surface area contributed by atoms with E-state index in [2.05, 4.69) is 29.2 Å². The fraction of sp³-hybridized carbons (Fsp3) is 0.400. The van der Waals surface area contributed by atoms with Crippen molar-refractivity contribution in [3.05, 3.63) is 52.8 Å². The lowest BCUT2D eigenvalue weighted by atomic mass is 10.2. The molecule has 1 aromatic carbocycles. The molecule has 102 valence electrons. The van der Waals surface area contributed by atoms with Crippen molar-refractivity contribution in [2.45, 2.75) is 39.8 Å². The maximum absolute atomic E-state index is 13.8. The molecule has 0 atom stereocenters. The van der Waals surface area contributed by atoms with E-state index in [4.69, 9.17) is 11.6 Å². The van der Waals surface area contributed by atoms with E-state index in [1.807, 2.05) is 6.20 Å². The summed E-state index contributed by atoms with van der Waals surface area (Å²) in [6.07, 6.45) is 6.05. The molecule has 4 heteroatoms. The van der Waals surface area contributed by atoms with Gasteiger partial charge in [0.25, 0.3) is 5.82 Å². The summed E-state index contributed by atoms with van der Waals surface area (Å²) in [6.45, 7) is 5.73. The van der Waals surface area contributed by atoms with Crippen LogP contribution in [0.15, 0.2) is 30.6 Å². The largest absolute Gasteiger partial charge is 0.256 e. The predicted octanol–water partition coefficient (Wildman–Crippen LogP) is 3.59. The zero-order chi connectivity index (χ0) is 13.8. The Hall–Kier alpha value is -1.35. The summed E-state index contributed by atoms with van der Waals surface area (Å²) >= 11 is 6.08. The smallest absolute Gasteiger partial charge is 0.234 e. The Morgan fingerprint density at radius 3 is 2.74 bits per heavy atom. The number of benzene rings is 1. The number of nitrogens with zero attached hydrogens (tertiary/aromatic N) is 2. The number of halogens is 2. The first-order valence-corrected chi connectivity index (χ1v) is 7.05. The fourth-order valence-corrected chi connectivity index (χ4v) is 2.57. The van der Waals surface area contributed by atoms with Gasteiger partial charge in [-0.1, -0.05) is 31.5 Å². The van der Waals surface area contributed by atoms with E-state index in [1.54, 1.807) is 12.1 Å². The van der Waals surface area contributed by atoms with E-state index in [9.17, 15) is 4.39 Å². The highest BCUT2D eigenvalue weighted by molar-refractivity contribution is 6.31. The van der Waals surface area contributed by atoms with Crippen molar-refractivity contribution < 1.29 is 8.96 Å². The first-order valence-electron chi connectivity index (χ1n) is 6.67. The molecular formula is C15H19ClFN2+. The van der Waals surface area contributed by atoms with Crippen molar-refractivity contribution in [3.8, 4) is 0 Å². The molecule has 0 aliphatic rings. The molecule has 1 heterocycles. The normalized spacial score (nSPS) is 10.9. The number of rotatable bonds is 5. The molecule has 0 spiro atoms. The molecule has 0 saturated heterocycles. The SMILES string of the molecule is CCCn1cc[n+](Cc2c(F)cccc2Cl)c1CC. The third kappa shape index (κ3) is 2.98. The lowest BCUT2D eigenvalue weighted by molar-refractivity contribution is -0.695. The highest BCUT2D eigenvalue weighted by Crippen LogP contribution is 2.18. The summed E-state index contributed by atoms with van der Waals surface area (Å²) < 4.78 is 18.1. The van der Waals surface area contributed by atoms with Crippen molar-refractivity contribution in [3.63, 3.8) is 0 Å². The van der Waals surface area contributed by atoms with Gasteiger partial charge < -0.3 is 0 Å². The maximum atomic E-state index is 13.8. The molecule has 0 fully saturated rings. The second-order valence-electron chi connectivity index (χ2n) is 4.59. The van der Waals surface area contributed by atoms with Gasteiger partial charge in [-0.15, -0.1) is 0 Å². The van der Waals surface area contributed by atoms with Gasteiger partial charge >= 0.3 is 0 Å². The first-order chi connectivity index (χ1) is 9.17. The summed E-state index contributed by atoms with van der Waals surface area (Å²) in [5.41, 5.74) is 0.554. The summed E-state index contributed by atoms with van der Waals surface area (Å²) in [5, 5.41) is 0.484. The van der Waals surface area contributed by atoms with Gasteiger partial charge in [-0.25, -0.2) is 13.5 Å². The molecule has 0 N–H and O–H groups in total. The van der Waals surface area contributed by atoms with E-state index in [1.165, 1.54) is 11.9 Å². The average molecular weight is 282 g/mol. The summed E-state index contributed by atoms with van der Waals surface area (Å²) in [6, 6.07) is 4.82. The monoisotopic (exact) mass is 281 g/mol. The Morgan fingerprint density at radius 1 is 1.32 bits per heavy atom. The molecular weight excluding hydrogens is 263 g/mol. The lowest BCUT2D eigenvalue weighted by Crippen LogP contribution is -2.38. The summed E-state index contributed by atoms with van der Waals surface area (Å²) in [5.74, 6) is 0.950. The van der Waals surface area contributed by atoms with Gasteiger partial charge in [0.2, 0.25) is 0 Å². The van der Waals surface area contributed by atoms with E-state index < -0.39 is 0 Å². The molecule has 1 aromatic heterocycles. The number of imidazole rings is 1. The van der Waals surface area contributed by atoms with Crippen LogP contribution >= 0.6 is 11.6 Å². The van der Waals surface area contributed by atoms with Crippen molar-refractivity contribution in [1.82, 2.24) is 4.57 Å². The van der Waals surface area contributed by atoms with Gasteiger partial charge in [0.05, 0.1) is 11.6 Å². The van der Waals surface area contributed by atoms with Gasteiger partial charge in [-0.05, 0) is 18.6 Å². The third-order valence-corrected chi connectivity index (χ3v) is 3.61. The Morgan fingerprint density at radius 2 is 2.11 bits per heavy atom. The van der Waals surface area contributed by atoms with Crippen LogP contribution in [0.1, 0.15) is 31.7 Å². The van der Waals surface area contributed by atoms with E-state index >= 15 is 0 Å². The van der Waals surface area contributed by atoms with Gasteiger partial charge in [0.15, 0.2) is 0 Å².